The summed E-state index contributed by atoms with van der Waals surface area (Å²) in [5.41, 5.74) is -0.491. The van der Waals surface area contributed by atoms with Crippen molar-refractivity contribution in [2.24, 2.45) is 10.8 Å². The van der Waals surface area contributed by atoms with Crippen LogP contribution in [0, 0.1) is 10.8 Å². The largest absolute Gasteiger partial charge is 0.512 e. The van der Waals surface area contributed by atoms with Gasteiger partial charge in [-0.05, 0) is 25.7 Å². The maximum Gasteiger partial charge on any atom is 0.164 e. The van der Waals surface area contributed by atoms with E-state index in [9.17, 15) is 9.90 Å². The highest BCUT2D eigenvalue weighted by Gasteiger charge is 2.35. The number of aliphatic hydroxyl groups is 1. The zero-order valence-electron chi connectivity index (χ0n) is 12.4. The molecule has 1 N–H and O–H groups in total. The fraction of sp³-hybridized carbons (Fsp3) is 0.812. The highest BCUT2D eigenvalue weighted by Crippen LogP contribution is 2.39. The Hall–Kier alpha value is -0.790. The second kappa shape index (κ2) is 5.90. The van der Waals surface area contributed by atoms with Crippen molar-refractivity contribution in [3.63, 3.8) is 0 Å². The molecule has 1 saturated carbocycles. The Morgan fingerprint density at radius 1 is 1.22 bits per heavy atom. The van der Waals surface area contributed by atoms with E-state index >= 15 is 0 Å². The molecule has 0 aliphatic heterocycles. The van der Waals surface area contributed by atoms with E-state index in [1.54, 1.807) is 0 Å². The van der Waals surface area contributed by atoms with Gasteiger partial charge in [0, 0.05) is 16.9 Å². The van der Waals surface area contributed by atoms with E-state index in [-0.39, 0.29) is 22.4 Å². The molecule has 0 heterocycles. The zero-order valence-corrected chi connectivity index (χ0v) is 12.4. The lowest BCUT2D eigenvalue weighted by Gasteiger charge is -2.32. The van der Waals surface area contributed by atoms with E-state index in [1.165, 1.54) is 12.5 Å². The summed E-state index contributed by atoms with van der Waals surface area (Å²) in [6.45, 7) is 8.18. The summed E-state index contributed by atoms with van der Waals surface area (Å²) in [5, 5.41) is 10.2. The Morgan fingerprint density at radius 2 is 1.72 bits per heavy atom. The van der Waals surface area contributed by atoms with Gasteiger partial charge in [0.2, 0.25) is 0 Å². The van der Waals surface area contributed by atoms with Crippen molar-refractivity contribution in [2.45, 2.75) is 72.6 Å². The molecule has 0 bridgehead atoms. The lowest BCUT2D eigenvalue weighted by Crippen LogP contribution is -2.30. The van der Waals surface area contributed by atoms with Crippen molar-refractivity contribution >= 4 is 5.78 Å². The molecule has 1 rings (SSSR count). The molecule has 0 aromatic heterocycles. The van der Waals surface area contributed by atoms with Crippen LogP contribution in [0.1, 0.15) is 72.6 Å². The Balaban J connectivity index is 2.84. The van der Waals surface area contributed by atoms with Crippen LogP contribution in [0.4, 0.5) is 0 Å². The van der Waals surface area contributed by atoms with Gasteiger partial charge in [0.15, 0.2) is 5.78 Å². The van der Waals surface area contributed by atoms with Crippen LogP contribution in [-0.2, 0) is 4.79 Å². The fourth-order valence-corrected chi connectivity index (χ4v) is 2.66. The minimum absolute atomic E-state index is 0.118. The van der Waals surface area contributed by atoms with Crippen LogP contribution in [-0.4, -0.2) is 10.9 Å². The van der Waals surface area contributed by atoms with Crippen LogP contribution in [0.2, 0.25) is 0 Å². The Bertz CT molecular complexity index is 318. The third-order valence-corrected chi connectivity index (χ3v) is 5.00. The van der Waals surface area contributed by atoms with Crippen LogP contribution in [0.3, 0.4) is 0 Å². The number of ketones is 1. The third-order valence-electron chi connectivity index (χ3n) is 5.00. The molecule has 2 heteroatoms. The van der Waals surface area contributed by atoms with E-state index in [0.717, 1.165) is 38.5 Å². The SMILES string of the molecule is CCC(C)(CC)C(O)=CC(=O)C1(C)CCCCC1. The minimum Gasteiger partial charge on any atom is -0.512 e. The van der Waals surface area contributed by atoms with Gasteiger partial charge in [0.25, 0.3) is 0 Å². The standard InChI is InChI=1S/C16H28O2/c1-5-15(3,6-2)13(17)12-14(18)16(4)10-8-7-9-11-16/h12,17H,5-11H2,1-4H3. The molecule has 0 radical (unpaired) electrons. The smallest absolute Gasteiger partial charge is 0.164 e. The van der Waals surface area contributed by atoms with E-state index in [2.05, 4.69) is 13.8 Å². The molecule has 104 valence electrons. The van der Waals surface area contributed by atoms with Gasteiger partial charge in [0.1, 0.15) is 5.76 Å². The maximum atomic E-state index is 12.4. The Morgan fingerprint density at radius 3 is 2.17 bits per heavy atom. The van der Waals surface area contributed by atoms with Crippen molar-refractivity contribution < 1.29 is 9.90 Å². The molecule has 0 atom stereocenters. The normalized spacial score (nSPS) is 20.8. The van der Waals surface area contributed by atoms with E-state index < -0.39 is 0 Å². The van der Waals surface area contributed by atoms with Crippen molar-refractivity contribution in [1.29, 1.82) is 0 Å². The summed E-state index contributed by atoms with van der Waals surface area (Å²) in [5.74, 6) is 0.386. The van der Waals surface area contributed by atoms with Crippen LogP contribution in [0.25, 0.3) is 0 Å². The first-order chi connectivity index (χ1) is 8.38. The van der Waals surface area contributed by atoms with Gasteiger partial charge in [-0.1, -0.05) is 47.0 Å². The van der Waals surface area contributed by atoms with E-state index in [1.807, 2.05) is 13.8 Å². The third kappa shape index (κ3) is 3.15. The number of hydrogen-bond donors (Lipinski definition) is 1. The molecule has 1 fully saturated rings. The van der Waals surface area contributed by atoms with Gasteiger partial charge < -0.3 is 5.11 Å². The number of aliphatic hydroxyl groups excluding tert-OH is 1. The van der Waals surface area contributed by atoms with Crippen molar-refractivity contribution in [2.75, 3.05) is 0 Å². The second-order valence-corrected chi connectivity index (χ2v) is 6.28. The summed E-state index contributed by atoms with van der Waals surface area (Å²) >= 11 is 0. The molecule has 0 spiro atoms. The molecule has 18 heavy (non-hydrogen) atoms. The number of allylic oxidation sites excluding steroid dienone is 2. The van der Waals surface area contributed by atoms with Gasteiger partial charge in [-0.25, -0.2) is 0 Å². The second-order valence-electron chi connectivity index (χ2n) is 6.28. The minimum atomic E-state index is -0.249. The molecule has 0 aromatic rings. The van der Waals surface area contributed by atoms with Crippen LogP contribution in [0.5, 0.6) is 0 Å². The van der Waals surface area contributed by atoms with Crippen molar-refractivity contribution in [1.82, 2.24) is 0 Å². The van der Waals surface area contributed by atoms with E-state index in [4.69, 9.17) is 0 Å². The average Bonchev–Trinajstić information content (AvgIpc) is 2.38. The Kier molecular flexibility index (Phi) is 5.01. The van der Waals surface area contributed by atoms with Crippen LogP contribution < -0.4 is 0 Å². The Labute approximate surface area is 111 Å². The zero-order chi connectivity index (χ0) is 13.8. The fourth-order valence-electron chi connectivity index (χ4n) is 2.66. The number of carbonyl (C=O) groups excluding carboxylic acids is 1. The van der Waals surface area contributed by atoms with Crippen LogP contribution >= 0.6 is 0 Å². The monoisotopic (exact) mass is 252 g/mol. The van der Waals surface area contributed by atoms with E-state index in [0.29, 0.717) is 0 Å². The lowest BCUT2D eigenvalue weighted by atomic mass is 9.71. The molecular formula is C16H28O2. The van der Waals surface area contributed by atoms with Crippen LogP contribution in [0.15, 0.2) is 11.8 Å². The predicted molar refractivity (Wildman–Crippen MR) is 75.6 cm³/mol. The number of rotatable bonds is 5. The van der Waals surface area contributed by atoms with Crippen molar-refractivity contribution in [3.8, 4) is 0 Å². The first kappa shape index (κ1) is 15.3. The first-order valence-electron chi connectivity index (χ1n) is 7.33. The summed E-state index contributed by atoms with van der Waals surface area (Å²) in [4.78, 5) is 12.4. The summed E-state index contributed by atoms with van der Waals surface area (Å²) in [6.07, 6.45) is 8.66. The number of hydrogen-bond acceptors (Lipinski definition) is 2. The molecule has 0 unspecified atom stereocenters. The topological polar surface area (TPSA) is 37.3 Å². The molecule has 0 aromatic carbocycles. The highest BCUT2D eigenvalue weighted by atomic mass is 16.3. The molecule has 2 nitrogen and oxygen atoms in total. The van der Waals surface area contributed by atoms with Gasteiger partial charge in [-0.15, -0.1) is 0 Å². The molecule has 1 aliphatic rings. The highest BCUT2D eigenvalue weighted by molar-refractivity contribution is 5.95. The first-order valence-corrected chi connectivity index (χ1v) is 7.33. The molecule has 1 aliphatic carbocycles. The quantitative estimate of drug-likeness (QED) is 0.564. The number of carbonyl (C=O) groups is 1. The molecule has 0 amide bonds. The van der Waals surface area contributed by atoms with Gasteiger partial charge in [0.05, 0.1) is 0 Å². The average molecular weight is 252 g/mol. The molecular weight excluding hydrogens is 224 g/mol. The van der Waals surface area contributed by atoms with Gasteiger partial charge >= 0.3 is 0 Å². The maximum absolute atomic E-state index is 12.4. The molecule has 0 saturated heterocycles. The van der Waals surface area contributed by atoms with Gasteiger partial charge in [-0.3, -0.25) is 4.79 Å². The predicted octanol–water partition coefficient (Wildman–Crippen LogP) is 4.79. The summed E-state index contributed by atoms with van der Waals surface area (Å²) < 4.78 is 0. The van der Waals surface area contributed by atoms with Crippen molar-refractivity contribution in [3.05, 3.63) is 11.8 Å². The summed E-state index contributed by atoms with van der Waals surface area (Å²) in [7, 11) is 0. The lowest BCUT2D eigenvalue weighted by molar-refractivity contribution is -0.124. The van der Waals surface area contributed by atoms with Gasteiger partial charge in [-0.2, -0.15) is 0 Å². The summed E-state index contributed by atoms with van der Waals surface area (Å²) in [6, 6.07) is 0.